The van der Waals surface area contributed by atoms with E-state index in [1.165, 1.54) is 0 Å². The zero-order valence-electron chi connectivity index (χ0n) is 16.7. The minimum atomic E-state index is -1.45. The van der Waals surface area contributed by atoms with E-state index in [1.54, 1.807) is 0 Å². The summed E-state index contributed by atoms with van der Waals surface area (Å²) in [6.07, 6.45) is -0.349. The van der Waals surface area contributed by atoms with Crippen molar-refractivity contribution >= 4 is 0 Å². The number of rotatable bonds is 15. The monoisotopic (exact) mass is 394 g/mol. The molecule has 0 aromatic carbocycles. The zero-order valence-corrected chi connectivity index (χ0v) is 16.7. The van der Waals surface area contributed by atoms with Gasteiger partial charge in [0.05, 0.1) is 19.8 Å². The molecule has 1 fully saturated rings. The van der Waals surface area contributed by atoms with Gasteiger partial charge in [-0.2, -0.15) is 0 Å². The van der Waals surface area contributed by atoms with Crippen molar-refractivity contribution in [3.05, 3.63) is 0 Å². The Morgan fingerprint density at radius 1 is 0.852 bits per heavy atom. The lowest BCUT2D eigenvalue weighted by molar-refractivity contribution is -0.306. The molecule has 0 aromatic heterocycles. The van der Waals surface area contributed by atoms with Gasteiger partial charge in [0.1, 0.15) is 30.5 Å². The van der Waals surface area contributed by atoms with Gasteiger partial charge in [-0.15, -0.1) is 0 Å². The molecule has 1 aliphatic rings. The van der Waals surface area contributed by atoms with Gasteiger partial charge in [-0.3, -0.25) is 0 Å². The summed E-state index contributed by atoms with van der Waals surface area (Å²) in [7, 11) is 0. The third kappa shape index (κ3) is 9.15. The van der Waals surface area contributed by atoms with Gasteiger partial charge >= 0.3 is 0 Å². The van der Waals surface area contributed by atoms with Crippen LogP contribution in [0.1, 0.15) is 52.4 Å². The van der Waals surface area contributed by atoms with Crippen LogP contribution in [0.3, 0.4) is 0 Å². The van der Waals surface area contributed by atoms with Crippen LogP contribution < -0.4 is 0 Å². The molecule has 6 atom stereocenters. The Hall–Kier alpha value is -0.320. The lowest BCUT2D eigenvalue weighted by atomic mass is 9.99. The van der Waals surface area contributed by atoms with Crippen molar-refractivity contribution in [1.82, 2.24) is 0 Å². The molecule has 0 amide bonds. The van der Waals surface area contributed by atoms with Crippen LogP contribution >= 0.6 is 0 Å². The van der Waals surface area contributed by atoms with Gasteiger partial charge in [-0.05, 0) is 12.8 Å². The van der Waals surface area contributed by atoms with Gasteiger partial charge in [0, 0.05) is 13.2 Å². The molecular formula is C19H38O8. The molecule has 4 N–H and O–H groups in total. The highest BCUT2D eigenvalue weighted by Gasteiger charge is 2.44. The van der Waals surface area contributed by atoms with Crippen LogP contribution in [0.25, 0.3) is 0 Å². The number of aliphatic hydroxyl groups excluding tert-OH is 4. The maximum atomic E-state index is 10.0. The van der Waals surface area contributed by atoms with Crippen LogP contribution in [0.5, 0.6) is 0 Å². The summed E-state index contributed by atoms with van der Waals surface area (Å²) in [6, 6.07) is 0. The highest BCUT2D eigenvalue weighted by Crippen LogP contribution is 2.22. The zero-order chi connectivity index (χ0) is 20.1. The normalized spacial score (nSPS) is 29.8. The van der Waals surface area contributed by atoms with Crippen molar-refractivity contribution in [3.8, 4) is 0 Å². The van der Waals surface area contributed by atoms with Crippen molar-refractivity contribution in [3.63, 3.8) is 0 Å². The van der Waals surface area contributed by atoms with Gasteiger partial charge in [-0.25, -0.2) is 0 Å². The minimum absolute atomic E-state index is 0.114. The second-order valence-corrected chi connectivity index (χ2v) is 7.01. The third-order valence-electron chi connectivity index (χ3n) is 4.59. The molecule has 1 saturated heterocycles. The molecule has 0 aromatic rings. The Kier molecular flexibility index (Phi) is 13.4. The van der Waals surface area contributed by atoms with Crippen LogP contribution in [-0.4, -0.2) is 90.3 Å². The molecule has 1 unspecified atom stereocenters. The van der Waals surface area contributed by atoms with Crippen LogP contribution in [0.15, 0.2) is 0 Å². The van der Waals surface area contributed by atoms with Crippen LogP contribution in [0, 0.1) is 0 Å². The van der Waals surface area contributed by atoms with Crippen molar-refractivity contribution in [2.45, 2.75) is 89.2 Å². The minimum Gasteiger partial charge on any atom is -0.394 e. The predicted molar refractivity (Wildman–Crippen MR) is 99.3 cm³/mol. The molecule has 0 saturated carbocycles. The van der Waals surface area contributed by atoms with E-state index in [-0.39, 0.29) is 12.7 Å². The van der Waals surface area contributed by atoms with Crippen LogP contribution in [0.2, 0.25) is 0 Å². The van der Waals surface area contributed by atoms with Crippen molar-refractivity contribution in [2.24, 2.45) is 0 Å². The van der Waals surface area contributed by atoms with E-state index in [0.29, 0.717) is 19.8 Å². The Balaban J connectivity index is 2.46. The van der Waals surface area contributed by atoms with E-state index in [1.807, 2.05) is 0 Å². The first-order valence-electron chi connectivity index (χ1n) is 10.2. The Morgan fingerprint density at radius 3 is 2.15 bits per heavy atom. The summed E-state index contributed by atoms with van der Waals surface area (Å²) in [6.45, 7) is 5.50. The SMILES string of the molecule is CCCCCOCC(CO[C@@H]1O[C@H](CO)[C@@H](O)[C@H](O)[C@H]1O)OCCCCC. The van der Waals surface area contributed by atoms with Crippen LogP contribution in [0.4, 0.5) is 0 Å². The maximum Gasteiger partial charge on any atom is 0.186 e. The summed E-state index contributed by atoms with van der Waals surface area (Å²) in [5.41, 5.74) is 0. The van der Waals surface area contributed by atoms with E-state index < -0.39 is 37.3 Å². The van der Waals surface area contributed by atoms with Gasteiger partial charge < -0.3 is 39.4 Å². The summed E-state index contributed by atoms with van der Waals surface area (Å²) in [5, 5.41) is 38.9. The number of hydrogen-bond donors (Lipinski definition) is 4. The van der Waals surface area contributed by atoms with E-state index in [9.17, 15) is 20.4 Å². The first-order chi connectivity index (χ1) is 13.0. The maximum absolute atomic E-state index is 10.0. The molecule has 1 rings (SSSR count). The first kappa shape index (κ1) is 24.7. The Bertz CT molecular complexity index is 355. The average Bonchev–Trinajstić information content (AvgIpc) is 2.68. The fourth-order valence-electron chi connectivity index (χ4n) is 2.82. The predicted octanol–water partition coefficient (Wildman–Crippen LogP) is 0.585. The molecule has 0 spiro atoms. The lowest BCUT2D eigenvalue weighted by Gasteiger charge is -2.39. The van der Waals surface area contributed by atoms with E-state index in [2.05, 4.69) is 13.8 Å². The molecule has 1 aliphatic heterocycles. The molecule has 0 bridgehead atoms. The molecule has 27 heavy (non-hydrogen) atoms. The van der Waals surface area contributed by atoms with Gasteiger partial charge in [0.25, 0.3) is 0 Å². The Labute approximate surface area is 162 Å². The lowest BCUT2D eigenvalue weighted by Crippen LogP contribution is -2.59. The summed E-state index contributed by atoms with van der Waals surface area (Å²) >= 11 is 0. The highest BCUT2D eigenvalue weighted by molar-refractivity contribution is 4.88. The van der Waals surface area contributed by atoms with E-state index in [0.717, 1.165) is 38.5 Å². The second-order valence-electron chi connectivity index (χ2n) is 7.01. The fourth-order valence-corrected chi connectivity index (χ4v) is 2.82. The number of hydrogen-bond acceptors (Lipinski definition) is 8. The van der Waals surface area contributed by atoms with E-state index >= 15 is 0 Å². The topological polar surface area (TPSA) is 118 Å². The molecule has 0 radical (unpaired) electrons. The largest absolute Gasteiger partial charge is 0.394 e. The molecule has 162 valence electrons. The van der Waals surface area contributed by atoms with Gasteiger partial charge in [0.15, 0.2) is 6.29 Å². The highest BCUT2D eigenvalue weighted by atomic mass is 16.7. The fraction of sp³-hybridized carbons (Fsp3) is 1.00. The average molecular weight is 395 g/mol. The first-order valence-corrected chi connectivity index (χ1v) is 10.2. The smallest absolute Gasteiger partial charge is 0.186 e. The van der Waals surface area contributed by atoms with Gasteiger partial charge in [-0.1, -0.05) is 39.5 Å². The van der Waals surface area contributed by atoms with Crippen molar-refractivity contribution in [2.75, 3.05) is 33.0 Å². The third-order valence-corrected chi connectivity index (χ3v) is 4.59. The second kappa shape index (κ2) is 14.6. The quantitative estimate of drug-likeness (QED) is 0.298. The number of aliphatic hydroxyl groups is 4. The molecule has 8 heteroatoms. The van der Waals surface area contributed by atoms with Crippen molar-refractivity contribution < 1.29 is 39.4 Å². The number of unbranched alkanes of at least 4 members (excludes halogenated alkanes) is 4. The van der Waals surface area contributed by atoms with Gasteiger partial charge in [0.2, 0.25) is 0 Å². The number of ether oxygens (including phenoxy) is 4. The van der Waals surface area contributed by atoms with E-state index in [4.69, 9.17) is 18.9 Å². The molecule has 1 heterocycles. The Morgan fingerprint density at radius 2 is 1.52 bits per heavy atom. The summed E-state index contributed by atoms with van der Waals surface area (Å²) in [5.74, 6) is 0. The van der Waals surface area contributed by atoms with Crippen LogP contribution in [-0.2, 0) is 18.9 Å². The summed E-state index contributed by atoms with van der Waals surface area (Å²) in [4.78, 5) is 0. The molecule has 0 aliphatic carbocycles. The molecule has 8 nitrogen and oxygen atoms in total. The van der Waals surface area contributed by atoms with Crippen molar-refractivity contribution in [1.29, 1.82) is 0 Å². The molecular weight excluding hydrogens is 356 g/mol. The standard InChI is InChI=1S/C19H38O8/c1-3-5-7-9-24-12-14(25-10-8-6-4-2)13-26-19-18(23)17(22)16(21)15(11-20)27-19/h14-23H,3-13H2,1-2H3/t14?,15-,16-,17+,18-,19-/m1/s1. The summed E-state index contributed by atoms with van der Waals surface area (Å²) < 4.78 is 22.4.